The topological polar surface area (TPSA) is 202 Å². The SMILES string of the molecule is Cc1cc2c(O)c(c1)C=NCCN1CCN=Cc3cc(C)cc(c3O)C=NCCN(CCN=C2)CCN=Cc2cc(C)cc(c2O)C=NCC1.O=[N+](O)O.[Pr].[Zn]. The van der Waals surface area contributed by atoms with E-state index >= 15 is 0 Å². The molecule has 0 fully saturated rings. The van der Waals surface area contributed by atoms with Gasteiger partial charge in [0.15, 0.2) is 0 Å². The number of aromatic hydroxyl groups is 3. The number of aliphatic imine (C=N–C) groups is 6. The zero-order valence-corrected chi connectivity index (χ0v) is 39.0. The number of aryl methyl sites for hydroxylation is 3. The molecule has 5 N–H and O–H groups in total. The summed E-state index contributed by atoms with van der Waals surface area (Å²) in [4.78, 5) is 40.9. The first-order valence-corrected chi connectivity index (χ1v) is 17.8. The fourth-order valence-corrected chi connectivity index (χ4v) is 5.94. The zero-order valence-electron chi connectivity index (χ0n) is 32.4. The van der Waals surface area contributed by atoms with Gasteiger partial charge in [0.2, 0.25) is 0 Å². The number of hydrogen-bond donors (Lipinski definition) is 5. The molecule has 0 atom stereocenters. The van der Waals surface area contributed by atoms with E-state index in [-0.39, 0.29) is 78.0 Å². The van der Waals surface area contributed by atoms with Gasteiger partial charge in [-0.2, -0.15) is 0 Å². The van der Waals surface area contributed by atoms with Gasteiger partial charge >= 0.3 is 5.09 Å². The predicted octanol–water partition coefficient (Wildman–Crippen LogP) is 3.81. The van der Waals surface area contributed by atoms with Crippen molar-refractivity contribution >= 4 is 37.3 Å². The summed E-state index contributed by atoms with van der Waals surface area (Å²) in [5.41, 5.74) is 6.98. The number of fused-ring (bicyclic) bond motifs is 12. The number of nitrogens with zero attached hydrogens (tertiary/aromatic N) is 9. The zero-order chi connectivity index (χ0) is 38.9. The molecule has 0 unspecified atom stereocenters. The van der Waals surface area contributed by atoms with E-state index in [1.54, 1.807) is 37.3 Å². The van der Waals surface area contributed by atoms with Gasteiger partial charge in [0.05, 0.1) is 39.3 Å². The fraction of sp³-hybridized carbons (Fsp3) is 0.385. The number of hydrogen-bond acceptors (Lipinski definition) is 12. The summed E-state index contributed by atoms with van der Waals surface area (Å²) in [5, 5.41) is 45.6. The molecule has 3 aliphatic heterocycles. The third-order valence-corrected chi connectivity index (χ3v) is 8.59. The van der Waals surface area contributed by atoms with E-state index in [2.05, 4.69) is 39.8 Å². The molecule has 3 aromatic carbocycles. The quantitative estimate of drug-likeness (QED) is 0.165. The van der Waals surface area contributed by atoms with Gasteiger partial charge in [-0.1, -0.05) is 0 Å². The minimum absolute atomic E-state index is 0. The predicted molar refractivity (Wildman–Crippen MR) is 213 cm³/mol. The van der Waals surface area contributed by atoms with Crippen LogP contribution in [-0.2, 0) is 19.5 Å². The van der Waals surface area contributed by atoms with Crippen molar-refractivity contribution in [2.45, 2.75) is 20.8 Å². The van der Waals surface area contributed by atoms with Gasteiger partial charge in [0.1, 0.15) is 22.2 Å². The molecule has 0 spiro atoms. The standard InChI is InChI=1S/C39H48N8O3.H2NO3.Pr.Zn/c1-28-16-31-22-40-4-10-46-12-6-42-24-33-18-29(2)19-34(38(33)49)25-43-7-13-47(11-5-41-23-32(17-28)37(31)48)15-9-45-27-36-21-30(3)20-35(39(36)50)26-44-8-14-46;2-1(3)4;;/h16-27,48-50H,4-15H2,1-3H3;(H2,2,3,4);;/q;+1;;. The summed E-state index contributed by atoms with van der Waals surface area (Å²) in [6, 6.07) is 11.5. The molecule has 3 heterocycles. The van der Waals surface area contributed by atoms with Crippen molar-refractivity contribution in [2.24, 2.45) is 30.0 Å². The Morgan fingerprint density at radius 3 is 0.768 bits per heavy atom. The molecule has 0 saturated heterocycles. The molecule has 0 amide bonds. The van der Waals surface area contributed by atoms with E-state index in [4.69, 9.17) is 15.3 Å². The van der Waals surface area contributed by atoms with Crippen molar-refractivity contribution in [1.29, 1.82) is 0 Å². The van der Waals surface area contributed by atoms with Crippen molar-refractivity contribution < 1.29 is 91.6 Å². The Balaban J connectivity index is 0.00000172. The van der Waals surface area contributed by atoms with E-state index in [0.717, 1.165) is 16.7 Å². The van der Waals surface area contributed by atoms with Gasteiger partial charge in [-0.3, -0.25) is 39.8 Å². The third kappa shape index (κ3) is 16.3. The number of rotatable bonds is 0. The summed E-state index contributed by atoms with van der Waals surface area (Å²) in [5.74, 6) is 0.490. The number of phenolic OH excluding ortho intramolecular Hbond substituents is 3. The molecule has 17 heteroatoms. The van der Waals surface area contributed by atoms with Crippen molar-refractivity contribution in [2.75, 3.05) is 78.5 Å². The van der Waals surface area contributed by atoms with Crippen molar-refractivity contribution in [3.8, 4) is 17.2 Å². The van der Waals surface area contributed by atoms with Crippen LogP contribution >= 0.6 is 0 Å². The maximum atomic E-state index is 11.0. The Morgan fingerprint density at radius 1 is 0.446 bits per heavy atom. The molecule has 56 heavy (non-hydrogen) atoms. The summed E-state index contributed by atoms with van der Waals surface area (Å²) >= 11 is 0. The van der Waals surface area contributed by atoms with Crippen LogP contribution in [-0.4, -0.2) is 156 Å². The van der Waals surface area contributed by atoms with Crippen LogP contribution in [0.1, 0.15) is 50.1 Å². The van der Waals surface area contributed by atoms with Crippen LogP contribution in [0.15, 0.2) is 66.4 Å². The molecule has 3 aromatic rings. The smallest absolute Gasteiger partial charge is 0.472 e. The first-order chi connectivity index (χ1) is 26.0. The second-order valence-corrected chi connectivity index (χ2v) is 13.0. The van der Waals surface area contributed by atoms with E-state index in [1.165, 1.54) is 0 Å². The summed E-state index contributed by atoms with van der Waals surface area (Å²) in [6.07, 6.45) is 10.4. The Morgan fingerprint density at radius 2 is 0.607 bits per heavy atom. The number of phenols is 3. The van der Waals surface area contributed by atoms with Crippen LogP contribution in [0.25, 0.3) is 0 Å². The Kier molecular flexibility index (Phi) is 22.0. The van der Waals surface area contributed by atoms with Crippen LogP contribution in [0.5, 0.6) is 17.2 Å². The van der Waals surface area contributed by atoms with Gasteiger partial charge in [0.25, 0.3) is 0 Å². The molecule has 8 bridgehead atoms. The van der Waals surface area contributed by atoms with Crippen LogP contribution in [0, 0.1) is 67.0 Å². The van der Waals surface area contributed by atoms with Crippen molar-refractivity contribution in [3.63, 3.8) is 0 Å². The van der Waals surface area contributed by atoms with Gasteiger partial charge in [0, 0.05) is 171 Å². The molecule has 291 valence electrons. The van der Waals surface area contributed by atoms with E-state index < -0.39 is 5.09 Å². The van der Waals surface area contributed by atoms with Gasteiger partial charge < -0.3 is 15.3 Å². The Bertz CT molecular complexity index is 1610. The second kappa shape index (κ2) is 25.4. The summed E-state index contributed by atoms with van der Waals surface area (Å²) < 4.78 is 0. The fourth-order valence-electron chi connectivity index (χ4n) is 5.94. The van der Waals surface area contributed by atoms with Crippen LogP contribution in [0.2, 0.25) is 0 Å². The minimum atomic E-state index is -1.25. The summed E-state index contributed by atoms with van der Waals surface area (Å²) in [7, 11) is 0. The maximum Gasteiger partial charge on any atom is 0.472 e. The van der Waals surface area contributed by atoms with Crippen LogP contribution in [0.4, 0.5) is 0 Å². The first kappa shape index (κ1) is 48.3. The van der Waals surface area contributed by atoms with Gasteiger partial charge in [-0.15, -0.1) is 0 Å². The van der Waals surface area contributed by atoms with Crippen molar-refractivity contribution in [1.82, 2.24) is 9.80 Å². The first-order valence-electron chi connectivity index (χ1n) is 17.8. The normalized spacial score (nSPS) is 17.8. The molecular formula is C39H50N9O6PrZn+. The maximum absolute atomic E-state index is 11.0. The molecule has 0 saturated carbocycles. The Hall–Kier alpha value is -3.81. The molecule has 0 aromatic heterocycles. The number of benzene rings is 3. The van der Waals surface area contributed by atoms with Crippen LogP contribution < -0.4 is 0 Å². The van der Waals surface area contributed by atoms with Crippen LogP contribution in [0.3, 0.4) is 0 Å². The van der Waals surface area contributed by atoms with Crippen molar-refractivity contribution in [3.05, 3.63) is 91.4 Å². The van der Waals surface area contributed by atoms with Gasteiger partial charge in [-0.05, 0) is 73.9 Å². The van der Waals surface area contributed by atoms with E-state index in [9.17, 15) is 15.3 Å². The average Bonchev–Trinajstić information content (AvgIpc) is 3.11. The molecule has 3 aliphatic rings. The largest absolute Gasteiger partial charge is 0.507 e. The van der Waals surface area contributed by atoms with Gasteiger partial charge in [-0.25, -0.2) is 10.4 Å². The van der Waals surface area contributed by atoms with E-state index in [0.29, 0.717) is 112 Å². The monoisotopic (exact) mass is 945 g/mol. The molecular weight excluding hydrogens is 897 g/mol. The molecule has 6 rings (SSSR count). The summed E-state index contributed by atoms with van der Waals surface area (Å²) in [6.45, 7) is 13.0. The molecule has 15 nitrogen and oxygen atoms in total. The molecule has 0 aliphatic carbocycles. The average molecular weight is 947 g/mol. The Labute approximate surface area is 373 Å². The minimum Gasteiger partial charge on any atom is -0.507 e. The third-order valence-electron chi connectivity index (χ3n) is 8.59. The molecule has 1 radical (unpaired) electrons. The second-order valence-electron chi connectivity index (χ2n) is 13.0. The van der Waals surface area contributed by atoms with E-state index in [1.807, 2.05) is 57.2 Å².